The van der Waals surface area contributed by atoms with Gasteiger partial charge in [-0.15, -0.1) is 0 Å². The average molecular weight is 242 g/mol. The Hall–Kier alpha value is -1.23. The van der Waals surface area contributed by atoms with E-state index in [-0.39, 0.29) is 0 Å². The normalized spacial score (nSPS) is 10.6. The summed E-state index contributed by atoms with van der Waals surface area (Å²) < 4.78 is 5.90. The summed E-state index contributed by atoms with van der Waals surface area (Å²) in [5.74, 6) is 0.651. The Balaban J connectivity index is 2.88. The molecule has 2 aromatic rings. The van der Waals surface area contributed by atoms with Crippen molar-refractivity contribution in [3.8, 4) is 5.75 Å². The number of H-pyrrole nitrogens is 1. The van der Waals surface area contributed by atoms with Crippen molar-refractivity contribution in [2.45, 2.75) is 0 Å². The second kappa shape index (κ2) is 2.92. The number of aromatic nitrogens is 2. The minimum atomic E-state index is 0.608. The highest BCUT2D eigenvalue weighted by Crippen LogP contribution is 2.34. The zero-order valence-electron chi connectivity index (χ0n) is 6.97. The van der Waals surface area contributed by atoms with Crippen LogP contribution in [-0.2, 0) is 0 Å². The zero-order chi connectivity index (χ0) is 9.42. The third kappa shape index (κ3) is 1.16. The van der Waals surface area contributed by atoms with Gasteiger partial charge in [-0.05, 0) is 28.1 Å². The largest absolute Gasteiger partial charge is 0.494 e. The molecule has 0 bridgehead atoms. The van der Waals surface area contributed by atoms with E-state index in [2.05, 4.69) is 26.1 Å². The van der Waals surface area contributed by atoms with Gasteiger partial charge in [0.1, 0.15) is 4.60 Å². The maximum absolute atomic E-state index is 5.74. The number of nitrogen functional groups attached to an aromatic ring is 1. The molecule has 5 heteroatoms. The molecule has 0 spiro atoms. The molecule has 13 heavy (non-hydrogen) atoms. The van der Waals surface area contributed by atoms with Crippen LogP contribution in [0.15, 0.2) is 16.7 Å². The number of nitrogens with one attached hydrogen (secondary N) is 1. The van der Waals surface area contributed by atoms with Gasteiger partial charge in [0, 0.05) is 0 Å². The molecule has 0 atom stereocenters. The Morgan fingerprint density at radius 2 is 2.31 bits per heavy atom. The number of fused-ring (bicyclic) bond motifs is 1. The van der Waals surface area contributed by atoms with Crippen LogP contribution in [0, 0.1) is 0 Å². The maximum atomic E-state index is 5.74. The van der Waals surface area contributed by atoms with E-state index in [1.165, 1.54) is 0 Å². The summed E-state index contributed by atoms with van der Waals surface area (Å²) in [4.78, 5) is 0. The first-order chi connectivity index (χ1) is 6.24. The van der Waals surface area contributed by atoms with Crippen LogP contribution in [0.1, 0.15) is 0 Å². The van der Waals surface area contributed by atoms with Gasteiger partial charge in [0.15, 0.2) is 5.75 Å². The van der Waals surface area contributed by atoms with Crippen molar-refractivity contribution >= 4 is 32.5 Å². The molecule has 0 aliphatic carbocycles. The molecule has 0 aliphatic heterocycles. The molecular formula is C8H8BrN3O. The number of benzene rings is 1. The number of aromatic amines is 1. The number of nitrogens with two attached hydrogens (primary N) is 1. The van der Waals surface area contributed by atoms with Gasteiger partial charge >= 0.3 is 0 Å². The SMILES string of the molecule is COc1c(N)ccc2[nH]nc(Br)c12. The van der Waals surface area contributed by atoms with Gasteiger partial charge in [-0.25, -0.2) is 0 Å². The molecule has 2 rings (SSSR count). The topological polar surface area (TPSA) is 63.9 Å². The Morgan fingerprint density at radius 3 is 3.00 bits per heavy atom. The predicted molar refractivity (Wildman–Crippen MR) is 54.8 cm³/mol. The Labute approximate surface area is 83.2 Å². The average Bonchev–Trinajstić information content (AvgIpc) is 2.49. The summed E-state index contributed by atoms with van der Waals surface area (Å²) in [5, 5.41) is 7.74. The number of halogens is 1. The van der Waals surface area contributed by atoms with E-state index in [0.29, 0.717) is 16.0 Å². The molecule has 3 N–H and O–H groups in total. The Bertz CT molecular complexity index is 452. The molecular weight excluding hydrogens is 234 g/mol. The van der Waals surface area contributed by atoms with Crippen LogP contribution in [0.3, 0.4) is 0 Å². The summed E-state index contributed by atoms with van der Waals surface area (Å²) in [5.41, 5.74) is 7.25. The molecule has 68 valence electrons. The van der Waals surface area contributed by atoms with E-state index in [9.17, 15) is 0 Å². The van der Waals surface area contributed by atoms with Crippen LogP contribution in [0.5, 0.6) is 5.75 Å². The highest BCUT2D eigenvalue weighted by Gasteiger charge is 2.11. The smallest absolute Gasteiger partial charge is 0.153 e. The molecule has 1 aromatic heterocycles. The van der Waals surface area contributed by atoms with E-state index in [4.69, 9.17) is 10.5 Å². The van der Waals surface area contributed by atoms with Crippen LogP contribution in [-0.4, -0.2) is 17.3 Å². The summed E-state index contributed by atoms with van der Waals surface area (Å²) >= 11 is 3.31. The number of anilines is 1. The molecule has 0 fully saturated rings. The monoisotopic (exact) mass is 241 g/mol. The van der Waals surface area contributed by atoms with Crippen molar-refractivity contribution in [3.05, 3.63) is 16.7 Å². The lowest BCUT2D eigenvalue weighted by Crippen LogP contribution is -1.92. The molecule has 0 amide bonds. The molecule has 0 aliphatic rings. The van der Waals surface area contributed by atoms with Crippen molar-refractivity contribution in [1.29, 1.82) is 0 Å². The predicted octanol–water partition coefficient (Wildman–Crippen LogP) is 1.92. The van der Waals surface area contributed by atoms with E-state index >= 15 is 0 Å². The van der Waals surface area contributed by atoms with E-state index < -0.39 is 0 Å². The van der Waals surface area contributed by atoms with Gasteiger partial charge in [0.05, 0.1) is 23.7 Å². The second-order valence-corrected chi connectivity index (χ2v) is 3.38. The highest BCUT2D eigenvalue weighted by molar-refractivity contribution is 9.10. The summed E-state index contributed by atoms with van der Waals surface area (Å²) in [7, 11) is 1.59. The summed E-state index contributed by atoms with van der Waals surface area (Å²) in [6.45, 7) is 0. The number of nitrogens with zero attached hydrogens (tertiary/aromatic N) is 1. The van der Waals surface area contributed by atoms with Crippen LogP contribution < -0.4 is 10.5 Å². The van der Waals surface area contributed by atoms with E-state index in [1.54, 1.807) is 13.2 Å². The van der Waals surface area contributed by atoms with Crippen LogP contribution in [0.4, 0.5) is 5.69 Å². The molecule has 0 saturated heterocycles. The highest BCUT2D eigenvalue weighted by atomic mass is 79.9. The van der Waals surface area contributed by atoms with Crippen molar-refractivity contribution in [3.63, 3.8) is 0 Å². The fourth-order valence-electron chi connectivity index (χ4n) is 1.28. The first-order valence-electron chi connectivity index (χ1n) is 3.70. The standard InChI is InChI=1S/C8H8BrN3O/c1-13-7-4(10)2-3-5-6(7)8(9)12-11-5/h2-3H,10H2,1H3,(H,11,12). The lowest BCUT2D eigenvalue weighted by Gasteiger charge is -2.04. The third-order valence-corrected chi connectivity index (χ3v) is 2.45. The maximum Gasteiger partial charge on any atom is 0.153 e. The molecule has 1 aromatic carbocycles. The number of methoxy groups -OCH3 is 1. The first kappa shape index (κ1) is 8.37. The van der Waals surface area contributed by atoms with Gasteiger partial charge < -0.3 is 10.5 Å². The van der Waals surface area contributed by atoms with Gasteiger partial charge in [0.2, 0.25) is 0 Å². The number of hydrogen-bond acceptors (Lipinski definition) is 3. The lowest BCUT2D eigenvalue weighted by molar-refractivity contribution is 0.422. The molecule has 4 nitrogen and oxygen atoms in total. The molecule has 0 saturated carbocycles. The van der Waals surface area contributed by atoms with Crippen molar-refractivity contribution in [1.82, 2.24) is 10.2 Å². The van der Waals surface area contributed by atoms with Gasteiger partial charge in [-0.3, -0.25) is 5.10 Å². The second-order valence-electron chi connectivity index (χ2n) is 2.63. The van der Waals surface area contributed by atoms with E-state index in [1.807, 2.05) is 6.07 Å². The fraction of sp³-hybridized carbons (Fsp3) is 0.125. The number of hydrogen-bond donors (Lipinski definition) is 2. The van der Waals surface area contributed by atoms with Crippen molar-refractivity contribution < 1.29 is 4.74 Å². The molecule has 0 unspecified atom stereocenters. The molecule has 0 radical (unpaired) electrons. The minimum Gasteiger partial charge on any atom is -0.494 e. The Morgan fingerprint density at radius 1 is 1.54 bits per heavy atom. The number of rotatable bonds is 1. The van der Waals surface area contributed by atoms with Crippen molar-refractivity contribution in [2.75, 3.05) is 12.8 Å². The summed E-state index contributed by atoms with van der Waals surface area (Å²) in [6, 6.07) is 3.65. The fourth-order valence-corrected chi connectivity index (χ4v) is 1.76. The van der Waals surface area contributed by atoms with Gasteiger partial charge in [-0.1, -0.05) is 0 Å². The lowest BCUT2D eigenvalue weighted by atomic mass is 10.2. The van der Waals surface area contributed by atoms with Gasteiger partial charge in [0.25, 0.3) is 0 Å². The van der Waals surface area contributed by atoms with Gasteiger partial charge in [-0.2, -0.15) is 5.10 Å². The Kier molecular flexibility index (Phi) is 1.88. The van der Waals surface area contributed by atoms with Crippen LogP contribution in [0.25, 0.3) is 10.9 Å². The van der Waals surface area contributed by atoms with Crippen LogP contribution in [0.2, 0.25) is 0 Å². The third-order valence-electron chi connectivity index (χ3n) is 1.87. The first-order valence-corrected chi connectivity index (χ1v) is 4.49. The molecule has 1 heterocycles. The zero-order valence-corrected chi connectivity index (χ0v) is 8.55. The van der Waals surface area contributed by atoms with E-state index in [0.717, 1.165) is 10.9 Å². The van der Waals surface area contributed by atoms with Crippen molar-refractivity contribution in [2.24, 2.45) is 0 Å². The quantitative estimate of drug-likeness (QED) is 0.751. The summed E-state index contributed by atoms with van der Waals surface area (Å²) in [6.07, 6.45) is 0. The number of ether oxygens (including phenoxy) is 1. The minimum absolute atomic E-state index is 0.608. The van der Waals surface area contributed by atoms with Crippen LogP contribution >= 0.6 is 15.9 Å².